The molecular formula is C92H90Cl6Si3Zr3. The number of hydrogen-bond donors (Lipinski definition) is 0. The Morgan fingerprint density at radius 1 is 0.221 bits per heavy atom. The molecule has 0 saturated heterocycles. The third-order valence-corrected chi connectivity index (χ3v) is 16.6. The number of aryl methyl sites for hydroxylation is 4. The number of hydrogen-bond acceptors (Lipinski definition) is 0. The molecule has 12 heteroatoms. The van der Waals surface area contributed by atoms with Gasteiger partial charge in [-0.25, -0.2) is 0 Å². The molecule has 0 unspecified atom stereocenters. The van der Waals surface area contributed by atoms with E-state index in [1.807, 2.05) is 0 Å². The second-order valence-electron chi connectivity index (χ2n) is 25.7. The predicted octanol–water partition coefficient (Wildman–Crippen LogP) is 29.4. The Labute approximate surface area is 699 Å². The fourth-order valence-corrected chi connectivity index (χ4v) is 12.6. The molecule has 18 rings (SSSR count). The minimum atomic E-state index is 0. The largest absolute Gasteiger partial charge is 0.168 e. The van der Waals surface area contributed by atoms with Crippen molar-refractivity contribution in [1.82, 2.24) is 0 Å². The quantitative estimate of drug-likeness (QED) is 0.120. The van der Waals surface area contributed by atoms with Crippen LogP contribution in [0, 0.1) is 27.7 Å². The average molecular weight is 1770 g/mol. The standard InChI is InChI=1S/2C19H13.2C14H11.2C10H9.3C2H6Si.6ClH.3Zr/c2*1-2-10-16-14(6-1)8-4-12-18(16)19-13-5-9-15-7-3-11-17(15)19;2*1-10-8-12-7-6-11-4-2-3-5-13(11)14(12)9-10;2*1-8-6-9-4-2-3-5-10(9)7-8;3*1-3-2;;;;;;;;;/h2*1-13H;2*2-9H,1H3;2*2-7H,1H3;3*1-2H3;6*1H;;;/q6*-1;;;;;;;;;;3*+2. The van der Waals surface area contributed by atoms with Gasteiger partial charge in [0.2, 0.25) is 0 Å². The van der Waals surface area contributed by atoms with Crippen LogP contribution in [0.4, 0.5) is 0 Å². The van der Waals surface area contributed by atoms with Crippen LogP contribution < -0.4 is 0 Å². The van der Waals surface area contributed by atoms with E-state index >= 15 is 0 Å². The summed E-state index contributed by atoms with van der Waals surface area (Å²) in [6.45, 7) is 22.4. The zero-order chi connectivity index (χ0) is 69.1. The van der Waals surface area contributed by atoms with Crippen LogP contribution in [0.25, 0.3) is 130 Å². The van der Waals surface area contributed by atoms with Gasteiger partial charge in [-0.15, -0.1) is 271 Å². The molecule has 18 aromatic carbocycles. The third kappa shape index (κ3) is 25.2. The smallest absolute Gasteiger partial charge is 0.0114 e. The first-order valence-electron chi connectivity index (χ1n) is 33.6. The summed E-state index contributed by atoms with van der Waals surface area (Å²) < 4.78 is 0. The summed E-state index contributed by atoms with van der Waals surface area (Å²) in [4.78, 5) is 0. The summed E-state index contributed by atoms with van der Waals surface area (Å²) in [5, 5.41) is 26.7. The third-order valence-electron chi connectivity index (χ3n) is 16.6. The molecule has 0 aromatic heterocycles. The van der Waals surface area contributed by atoms with Crippen LogP contribution >= 0.6 is 74.4 Å². The molecule has 0 aliphatic rings. The maximum Gasteiger partial charge on any atom is -0.0114 e. The summed E-state index contributed by atoms with van der Waals surface area (Å²) in [6, 6.07) is 117. The fraction of sp³-hybridized carbons (Fsp3) is 0.109. The van der Waals surface area contributed by atoms with Crippen LogP contribution in [0.2, 0.25) is 39.3 Å². The van der Waals surface area contributed by atoms with Gasteiger partial charge in [-0.2, -0.15) is 48.5 Å². The molecule has 0 aliphatic carbocycles. The van der Waals surface area contributed by atoms with E-state index in [0.29, 0.717) is 0 Å². The minimum absolute atomic E-state index is 0. The molecule has 0 N–H and O–H groups in total. The van der Waals surface area contributed by atoms with Gasteiger partial charge in [-0.05, 0) is 32.7 Å². The Kier molecular flexibility index (Phi) is 39.5. The second kappa shape index (κ2) is 45.3. The van der Waals surface area contributed by atoms with E-state index in [4.69, 9.17) is 0 Å². The number of rotatable bonds is 2. The molecule has 0 fully saturated rings. The normalized spacial score (nSPS) is 9.92. The number of benzene rings is 12. The SMILES string of the molecule is C[Si](C)=[Zr+2].C[Si](C)=[Zr+2].C[Si](C)=[Zr+2].Cc1cc2ccc3ccccc3c2[cH-]1.Cc1cc2ccc3ccccc3c2[cH-]1.Cc1cc2ccccc2[cH-]1.Cc1cc2ccccc2[cH-]1.Cl.Cl.Cl.Cl.Cl.Cl.c1ccc2c(-c3cccc4[cH-]ccc34)cccc2c1.c1ccc2c(-c3cccc4[cH-]ccc34)cccc2c1. The maximum absolute atomic E-state index is 2.31. The molecule has 524 valence electrons. The maximum atomic E-state index is 2.31. The van der Waals surface area contributed by atoms with Gasteiger partial charge in [0.05, 0.1) is 0 Å². The summed E-state index contributed by atoms with van der Waals surface area (Å²) >= 11 is 5.22. The first-order valence-corrected chi connectivity index (χ1v) is 52.2. The molecule has 0 nitrogen and oxygen atoms in total. The van der Waals surface area contributed by atoms with E-state index in [1.165, 1.54) is 152 Å². The molecule has 0 radical (unpaired) electrons. The summed E-state index contributed by atoms with van der Waals surface area (Å²) in [6.07, 6.45) is 0. The molecule has 0 aliphatic heterocycles. The zero-order valence-corrected chi connectivity index (χ0v) is 75.9. The van der Waals surface area contributed by atoms with Gasteiger partial charge in [-0.3, -0.25) is 0 Å². The van der Waals surface area contributed by atoms with Gasteiger partial charge < -0.3 is 0 Å². The fourth-order valence-electron chi connectivity index (χ4n) is 12.6. The summed E-state index contributed by atoms with van der Waals surface area (Å²) in [5.41, 5.74) is 11.3. The van der Waals surface area contributed by atoms with Crippen LogP contribution in [-0.2, 0) is 70.0 Å². The molecule has 0 atom stereocenters. The van der Waals surface area contributed by atoms with Crippen LogP contribution in [0.1, 0.15) is 22.3 Å². The first-order chi connectivity index (χ1) is 47.5. The first kappa shape index (κ1) is 90.8. The van der Waals surface area contributed by atoms with E-state index in [-0.39, 0.29) is 90.7 Å². The van der Waals surface area contributed by atoms with E-state index in [2.05, 4.69) is 395 Å². The van der Waals surface area contributed by atoms with E-state index in [1.54, 1.807) is 70.0 Å². The minimum Gasteiger partial charge on any atom is -0.168 e. The number of halogens is 6. The van der Waals surface area contributed by atoms with Crippen molar-refractivity contribution in [1.29, 1.82) is 0 Å². The number of fused-ring (bicyclic) bond motifs is 12. The topological polar surface area (TPSA) is 0 Å². The molecule has 0 heterocycles. The molecular weight excluding hydrogens is 1680 g/mol. The molecule has 0 saturated carbocycles. The predicted molar refractivity (Wildman–Crippen MR) is 473 cm³/mol. The zero-order valence-electron chi connectivity index (χ0n) is 60.6. The Bertz CT molecular complexity index is 5260. The molecule has 0 amide bonds. The van der Waals surface area contributed by atoms with Crippen molar-refractivity contribution in [3.63, 3.8) is 0 Å². The van der Waals surface area contributed by atoms with Crippen molar-refractivity contribution >= 4 is 198 Å². The van der Waals surface area contributed by atoms with Crippen molar-refractivity contribution in [3.8, 4) is 22.3 Å². The van der Waals surface area contributed by atoms with Crippen molar-refractivity contribution in [2.24, 2.45) is 0 Å². The Balaban J connectivity index is 0.000000256. The average Bonchev–Trinajstić information content (AvgIpc) is 0.908. The van der Waals surface area contributed by atoms with Crippen LogP contribution in [0.15, 0.2) is 328 Å². The second-order valence-corrected chi connectivity index (χ2v) is 53.8. The van der Waals surface area contributed by atoms with Gasteiger partial charge in [0.1, 0.15) is 0 Å². The Morgan fingerprint density at radius 3 is 0.788 bits per heavy atom. The molecule has 0 spiro atoms. The van der Waals surface area contributed by atoms with Gasteiger partial charge in [-0.1, -0.05) is 230 Å². The molecule has 104 heavy (non-hydrogen) atoms. The van der Waals surface area contributed by atoms with Crippen molar-refractivity contribution in [3.05, 3.63) is 350 Å². The van der Waals surface area contributed by atoms with Crippen LogP contribution in [0.5, 0.6) is 0 Å². The van der Waals surface area contributed by atoms with Crippen molar-refractivity contribution < 1.29 is 70.0 Å². The van der Waals surface area contributed by atoms with Gasteiger partial charge in [0.15, 0.2) is 0 Å². The van der Waals surface area contributed by atoms with Gasteiger partial charge in [0, 0.05) is 0 Å². The van der Waals surface area contributed by atoms with Crippen molar-refractivity contribution in [2.45, 2.75) is 67.0 Å². The van der Waals surface area contributed by atoms with Crippen LogP contribution in [-0.4, -0.2) is 16.3 Å². The van der Waals surface area contributed by atoms with E-state index < -0.39 is 0 Å². The van der Waals surface area contributed by atoms with Gasteiger partial charge >= 0.3 is 126 Å². The Hall–Kier alpha value is -5.62. The summed E-state index contributed by atoms with van der Waals surface area (Å²) in [7, 11) is 0. The van der Waals surface area contributed by atoms with Crippen LogP contribution in [0.3, 0.4) is 0 Å². The summed E-state index contributed by atoms with van der Waals surface area (Å²) in [5.74, 6) is 0. The van der Waals surface area contributed by atoms with Gasteiger partial charge in [0.25, 0.3) is 0 Å². The van der Waals surface area contributed by atoms with Crippen molar-refractivity contribution in [2.75, 3.05) is 0 Å². The van der Waals surface area contributed by atoms with E-state index in [0.717, 1.165) is 0 Å². The monoisotopic (exact) mass is 1760 g/mol. The molecule has 18 aromatic rings. The van der Waals surface area contributed by atoms with E-state index in [9.17, 15) is 0 Å². The molecule has 0 bridgehead atoms. The Morgan fingerprint density at radius 2 is 0.452 bits per heavy atom.